The van der Waals surface area contributed by atoms with Gasteiger partial charge in [-0.2, -0.15) is 0 Å². The summed E-state index contributed by atoms with van der Waals surface area (Å²) in [4.78, 5) is 0. The quantitative estimate of drug-likeness (QED) is 0.465. The third-order valence-electron chi connectivity index (χ3n) is 2.86. The van der Waals surface area contributed by atoms with E-state index < -0.39 is 0 Å². The van der Waals surface area contributed by atoms with Crippen LogP contribution in [0.3, 0.4) is 0 Å². The minimum Gasteiger partial charge on any atom is -0.0883 e. The molecule has 0 saturated heterocycles. The van der Waals surface area contributed by atoms with Gasteiger partial charge in [-0.3, -0.25) is 0 Å². The molecule has 0 radical (unpaired) electrons. The van der Waals surface area contributed by atoms with Crippen molar-refractivity contribution < 1.29 is 0 Å². The molecule has 0 bridgehead atoms. The lowest BCUT2D eigenvalue weighted by Crippen LogP contribution is -2.27. The first-order valence-corrected chi connectivity index (χ1v) is 4.67. The largest absolute Gasteiger partial charge is 0.0883 e. The van der Waals surface area contributed by atoms with E-state index in [0.717, 1.165) is 11.8 Å². The molecule has 0 aromatic heterocycles. The highest BCUT2D eigenvalue weighted by molar-refractivity contribution is 4.96. The first kappa shape index (κ1) is 8.83. The van der Waals surface area contributed by atoms with Crippen LogP contribution in [-0.4, -0.2) is 0 Å². The Morgan fingerprint density at radius 1 is 1.09 bits per heavy atom. The highest BCUT2D eigenvalue weighted by Crippen LogP contribution is 2.38. The minimum atomic E-state index is 0.490. The molecule has 0 fully saturated rings. The average molecular weight is 152 g/mol. The Bertz CT molecular complexity index is 148. The van der Waals surface area contributed by atoms with Crippen LogP contribution in [0.25, 0.3) is 0 Å². The Morgan fingerprint density at radius 3 is 2.00 bits per heavy atom. The molecule has 0 N–H and O–H groups in total. The van der Waals surface area contributed by atoms with E-state index in [1.54, 1.807) is 0 Å². The summed E-state index contributed by atoms with van der Waals surface area (Å²) in [5.41, 5.74) is 0.490. The van der Waals surface area contributed by atoms with Crippen LogP contribution in [0, 0.1) is 17.3 Å². The van der Waals surface area contributed by atoms with Gasteiger partial charge in [0.15, 0.2) is 0 Å². The molecule has 2 unspecified atom stereocenters. The molecule has 1 rings (SSSR count). The van der Waals surface area contributed by atoms with Gasteiger partial charge in [-0.25, -0.2) is 0 Å². The monoisotopic (exact) mass is 152 g/mol. The maximum atomic E-state index is 2.37. The van der Waals surface area contributed by atoms with Crippen molar-refractivity contribution in [2.75, 3.05) is 0 Å². The third-order valence-corrected chi connectivity index (χ3v) is 2.86. The van der Waals surface area contributed by atoms with Gasteiger partial charge in [0, 0.05) is 0 Å². The molecule has 0 saturated carbocycles. The summed E-state index contributed by atoms with van der Waals surface area (Å²) in [6.07, 6.45) is 7.23. The molecule has 0 nitrogen and oxygen atoms in total. The Kier molecular flexibility index (Phi) is 2.41. The van der Waals surface area contributed by atoms with Gasteiger partial charge in [0.2, 0.25) is 0 Å². The molecular formula is C11H20. The maximum absolute atomic E-state index is 2.37. The molecule has 64 valence electrons. The Morgan fingerprint density at radius 2 is 1.64 bits per heavy atom. The van der Waals surface area contributed by atoms with Crippen molar-refractivity contribution in [1.82, 2.24) is 0 Å². The summed E-state index contributed by atoms with van der Waals surface area (Å²) in [6.45, 7) is 9.44. The average Bonchev–Trinajstić information content (AvgIpc) is 1.86. The third kappa shape index (κ3) is 2.08. The topological polar surface area (TPSA) is 0 Å². The van der Waals surface area contributed by atoms with Gasteiger partial charge in [0.1, 0.15) is 0 Å². The van der Waals surface area contributed by atoms with Gasteiger partial charge < -0.3 is 0 Å². The van der Waals surface area contributed by atoms with E-state index in [1.807, 2.05) is 0 Å². The van der Waals surface area contributed by atoms with Crippen molar-refractivity contribution in [1.29, 1.82) is 0 Å². The van der Waals surface area contributed by atoms with E-state index in [-0.39, 0.29) is 0 Å². The van der Waals surface area contributed by atoms with Gasteiger partial charge in [-0.05, 0) is 30.1 Å². The molecule has 1 aliphatic rings. The lowest BCUT2D eigenvalue weighted by Gasteiger charge is -2.36. The smallest absolute Gasteiger partial charge is 0.0302 e. The molecule has 11 heavy (non-hydrogen) atoms. The van der Waals surface area contributed by atoms with Crippen LogP contribution in [0.15, 0.2) is 12.2 Å². The maximum Gasteiger partial charge on any atom is -0.0302 e. The van der Waals surface area contributed by atoms with Gasteiger partial charge in [0.25, 0.3) is 0 Å². The van der Waals surface area contributed by atoms with Crippen molar-refractivity contribution in [3.63, 3.8) is 0 Å². The van der Waals surface area contributed by atoms with E-state index in [0.29, 0.717) is 5.41 Å². The molecule has 0 aliphatic heterocycles. The van der Waals surface area contributed by atoms with Crippen molar-refractivity contribution in [2.45, 2.75) is 40.5 Å². The number of rotatable bonds is 0. The van der Waals surface area contributed by atoms with Gasteiger partial charge in [-0.1, -0.05) is 39.8 Å². The Labute approximate surface area is 70.7 Å². The highest BCUT2D eigenvalue weighted by atomic mass is 14.3. The van der Waals surface area contributed by atoms with Crippen molar-refractivity contribution in [3.05, 3.63) is 12.2 Å². The zero-order valence-electron chi connectivity index (χ0n) is 8.22. The molecule has 0 heteroatoms. The SMILES string of the molecule is CC1CC=CCC1C(C)(C)C. The van der Waals surface area contributed by atoms with Crippen molar-refractivity contribution in [3.8, 4) is 0 Å². The summed E-state index contributed by atoms with van der Waals surface area (Å²) >= 11 is 0. The highest BCUT2D eigenvalue weighted by Gasteiger charge is 2.29. The Balaban J connectivity index is 2.64. The fraction of sp³-hybridized carbons (Fsp3) is 0.818. The number of allylic oxidation sites excluding steroid dienone is 2. The van der Waals surface area contributed by atoms with Gasteiger partial charge in [0.05, 0.1) is 0 Å². The molecule has 2 atom stereocenters. The molecule has 0 heterocycles. The molecule has 0 aromatic rings. The van der Waals surface area contributed by atoms with Crippen LogP contribution >= 0.6 is 0 Å². The molecular weight excluding hydrogens is 132 g/mol. The molecule has 1 aliphatic carbocycles. The standard InChI is InChI=1S/C11H20/c1-9-7-5-6-8-10(9)11(2,3)4/h5-6,9-10H,7-8H2,1-4H3. The zero-order chi connectivity index (χ0) is 8.48. The first-order valence-electron chi connectivity index (χ1n) is 4.67. The Hall–Kier alpha value is -0.260. The van der Waals surface area contributed by atoms with Gasteiger partial charge in [-0.15, -0.1) is 0 Å². The number of hydrogen-bond donors (Lipinski definition) is 0. The normalized spacial score (nSPS) is 32.4. The predicted molar refractivity (Wildman–Crippen MR) is 50.5 cm³/mol. The summed E-state index contributed by atoms with van der Waals surface area (Å²) in [6, 6.07) is 0. The van der Waals surface area contributed by atoms with E-state index in [4.69, 9.17) is 0 Å². The van der Waals surface area contributed by atoms with E-state index in [9.17, 15) is 0 Å². The lowest BCUT2D eigenvalue weighted by atomic mass is 9.69. The summed E-state index contributed by atoms with van der Waals surface area (Å²) in [5.74, 6) is 1.76. The fourth-order valence-electron chi connectivity index (χ4n) is 2.16. The molecule has 0 spiro atoms. The van der Waals surface area contributed by atoms with E-state index in [1.165, 1.54) is 12.8 Å². The van der Waals surface area contributed by atoms with Crippen LogP contribution in [0.4, 0.5) is 0 Å². The van der Waals surface area contributed by atoms with Crippen LogP contribution in [0.5, 0.6) is 0 Å². The summed E-state index contributed by atoms with van der Waals surface area (Å²) in [5, 5.41) is 0. The zero-order valence-corrected chi connectivity index (χ0v) is 8.22. The minimum absolute atomic E-state index is 0.490. The van der Waals surface area contributed by atoms with Crippen molar-refractivity contribution >= 4 is 0 Å². The molecule has 0 aromatic carbocycles. The lowest BCUT2D eigenvalue weighted by molar-refractivity contribution is 0.164. The summed E-state index contributed by atoms with van der Waals surface area (Å²) in [7, 11) is 0. The first-order chi connectivity index (χ1) is 5.02. The number of hydrogen-bond acceptors (Lipinski definition) is 0. The fourth-order valence-corrected chi connectivity index (χ4v) is 2.16. The van der Waals surface area contributed by atoms with Gasteiger partial charge >= 0.3 is 0 Å². The van der Waals surface area contributed by atoms with E-state index in [2.05, 4.69) is 39.8 Å². The summed E-state index contributed by atoms with van der Waals surface area (Å²) < 4.78 is 0. The second kappa shape index (κ2) is 3.00. The van der Waals surface area contributed by atoms with E-state index >= 15 is 0 Å². The van der Waals surface area contributed by atoms with Crippen molar-refractivity contribution in [2.24, 2.45) is 17.3 Å². The van der Waals surface area contributed by atoms with Crippen LogP contribution in [0.1, 0.15) is 40.5 Å². The second-order valence-corrected chi connectivity index (χ2v) is 4.89. The van der Waals surface area contributed by atoms with Crippen LogP contribution in [0.2, 0.25) is 0 Å². The molecule has 0 amide bonds. The van der Waals surface area contributed by atoms with Crippen LogP contribution in [-0.2, 0) is 0 Å². The predicted octanol–water partition coefficient (Wildman–Crippen LogP) is 3.63. The second-order valence-electron chi connectivity index (χ2n) is 4.89. The van der Waals surface area contributed by atoms with Crippen LogP contribution < -0.4 is 0 Å².